The van der Waals surface area contributed by atoms with Gasteiger partial charge in [0.2, 0.25) is 0 Å². The number of ether oxygens (including phenoxy) is 1. The summed E-state index contributed by atoms with van der Waals surface area (Å²) in [7, 11) is 0. The van der Waals surface area contributed by atoms with Crippen molar-refractivity contribution in [3.05, 3.63) is 64.7 Å². The molecule has 3 N–H and O–H groups in total. The average molecular weight is 397 g/mol. The fourth-order valence-electron chi connectivity index (χ4n) is 2.57. The Morgan fingerprint density at radius 2 is 1.52 bits per heavy atom. The Kier molecular flexibility index (Phi) is 7.77. The smallest absolute Gasteiger partial charge is 0.276 e. The van der Waals surface area contributed by atoms with E-state index < -0.39 is 11.8 Å². The summed E-state index contributed by atoms with van der Waals surface area (Å²) in [4.78, 5) is 35.7. The van der Waals surface area contributed by atoms with Crippen LogP contribution in [0.2, 0.25) is 0 Å². The fourth-order valence-corrected chi connectivity index (χ4v) is 2.57. The molecule has 154 valence electrons. The molecule has 7 nitrogen and oxygen atoms in total. The molecule has 0 unspecified atom stereocenters. The lowest BCUT2D eigenvalue weighted by molar-refractivity contribution is -0.129. The van der Waals surface area contributed by atoms with E-state index in [1.165, 1.54) is 0 Å². The molecule has 0 atom stereocenters. The molecule has 3 amide bonds. The molecule has 2 aromatic carbocycles. The number of rotatable bonds is 7. The Balaban J connectivity index is 1.75. The molecule has 0 aliphatic carbocycles. The molecule has 2 rings (SSSR count). The zero-order valence-corrected chi connectivity index (χ0v) is 17.2. The van der Waals surface area contributed by atoms with E-state index in [9.17, 15) is 14.4 Å². The zero-order valence-electron chi connectivity index (χ0n) is 17.2. The van der Waals surface area contributed by atoms with Gasteiger partial charge in [0.25, 0.3) is 17.7 Å². The summed E-state index contributed by atoms with van der Waals surface area (Å²) in [6.45, 7) is 7.46. The van der Waals surface area contributed by atoms with Gasteiger partial charge >= 0.3 is 0 Å². The van der Waals surface area contributed by atoms with E-state index in [0.29, 0.717) is 11.3 Å². The largest absolute Gasteiger partial charge is 0.483 e. The van der Waals surface area contributed by atoms with Gasteiger partial charge in [0, 0.05) is 5.56 Å². The number of amides is 3. The van der Waals surface area contributed by atoms with Crippen molar-refractivity contribution < 1.29 is 19.1 Å². The van der Waals surface area contributed by atoms with Gasteiger partial charge in [-0.3, -0.25) is 25.2 Å². The summed E-state index contributed by atoms with van der Waals surface area (Å²) in [5.74, 6) is -0.510. The lowest BCUT2D eigenvalue weighted by atomic mass is 10.0. The lowest BCUT2D eigenvalue weighted by Crippen LogP contribution is -2.47. The number of nitrogens with one attached hydrogen (secondary N) is 3. The highest BCUT2D eigenvalue weighted by Gasteiger charge is 2.12. The molecule has 0 spiro atoms. The summed E-state index contributed by atoms with van der Waals surface area (Å²) >= 11 is 0. The van der Waals surface area contributed by atoms with Crippen LogP contribution in [-0.4, -0.2) is 30.9 Å². The SMILES string of the molecule is Cc1ccc(C(=O)NCC(=O)NNC(=O)COc2cc(C)ccc2C(C)C)cc1. The van der Waals surface area contributed by atoms with Crippen molar-refractivity contribution >= 4 is 17.7 Å². The maximum Gasteiger partial charge on any atom is 0.276 e. The Morgan fingerprint density at radius 1 is 0.897 bits per heavy atom. The maximum absolute atomic E-state index is 12.0. The molecule has 0 heterocycles. The third-order valence-electron chi connectivity index (χ3n) is 4.21. The van der Waals surface area contributed by atoms with Crippen molar-refractivity contribution in [2.75, 3.05) is 13.2 Å². The molecule has 29 heavy (non-hydrogen) atoms. The van der Waals surface area contributed by atoms with Crippen LogP contribution < -0.4 is 20.9 Å². The van der Waals surface area contributed by atoms with Crippen LogP contribution in [0.1, 0.15) is 46.8 Å². The van der Waals surface area contributed by atoms with Crippen LogP contribution in [0.3, 0.4) is 0 Å². The minimum Gasteiger partial charge on any atom is -0.483 e. The first-order chi connectivity index (χ1) is 13.8. The first-order valence-electron chi connectivity index (χ1n) is 9.42. The molecule has 0 aliphatic heterocycles. The van der Waals surface area contributed by atoms with Gasteiger partial charge in [0.15, 0.2) is 6.61 Å². The monoisotopic (exact) mass is 397 g/mol. The van der Waals surface area contributed by atoms with E-state index >= 15 is 0 Å². The number of hydrogen-bond acceptors (Lipinski definition) is 4. The van der Waals surface area contributed by atoms with E-state index in [2.05, 4.69) is 16.2 Å². The van der Waals surface area contributed by atoms with Crippen molar-refractivity contribution in [2.45, 2.75) is 33.6 Å². The minimum absolute atomic E-state index is 0.237. The van der Waals surface area contributed by atoms with Crippen molar-refractivity contribution in [3.63, 3.8) is 0 Å². The highest BCUT2D eigenvalue weighted by Crippen LogP contribution is 2.27. The highest BCUT2D eigenvalue weighted by atomic mass is 16.5. The van der Waals surface area contributed by atoms with Crippen LogP contribution in [0.4, 0.5) is 0 Å². The molecule has 0 aromatic heterocycles. The molecule has 0 saturated carbocycles. The number of hydrazine groups is 1. The first-order valence-corrected chi connectivity index (χ1v) is 9.42. The van der Waals surface area contributed by atoms with Gasteiger partial charge in [0.05, 0.1) is 6.54 Å². The summed E-state index contributed by atoms with van der Waals surface area (Å²) in [6.07, 6.45) is 0. The van der Waals surface area contributed by atoms with Gasteiger partial charge in [-0.25, -0.2) is 0 Å². The summed E-state index contributed by atoms with van der Waals surface area (Å²) < 4.78 is 5.61. The van der Waals surface area contributed by atoms with Crippen LogP contribution in [0, 0.1) is 13.8 Å². The Bertz CT molecular complexity index is 876. The topological polar surface area (TPSA) is 96.5 Å². The van der Waals surface area contributed by atoms with E-state index in [0.717, 1.165) is 16.7 Å². The Morgan fingerprint density at radius 3 is 2.17 bits per heavy atom. The molecule has 0 bridgehead atoms. The standard InChI is InChI=1S/C22H27N3O4/c1-14(2)18-10-7-16(4)11-19(18)29-13-21(27)25-24-20(26)12-23-22(28)17-8-5-15(3)6-9-17/h5-11,14H,12-13H2,1-4H3,(H,23,28)(H,24,26)(H,25,27). The highest BCUT2D eigenvalue weighted by molar-refractivity contribution is 5.96. The molecule has 7 heteroatoms. The van der Waals surface area contributed by atoms with Gasteiger partial charge in [-0.15, -0.1) is 0 Å². The number of hydrogen-bond donors (Lipinski definition) is 3. The number of carbonyl (C=O) groups excluding carboxylic acids is 3. The van der Waals surface area contributed by atoms with Crippen LogP contribution in [0.15, 0.2) is 42.5 Å². The fraction of sp³-hybridized carbons (Fsp3) is 0.318. The van der Waals surface area contributed by atoms with Crippen LogP contribution in [0.25, 0.3) is 0 Å². The van der Waals surface area contributed by atoms with Crippen LogP contribution in [0.5, 0.6) is 5.75 Å². The van der Waals surface area contributed by atoms with E-state index in [1.54, 1.807) is 12.1 Å². The lowest BCUT2D eigenvalue weighted by Gasteiger charge is -2.15. The van der Waals surface area contributed by atoms with Gasteiger partial charge in [-0.05, 0) is 49.1 Å². The number of carbonyl (C=O) groups is 3. The number of benzene rings is 2. The molecule has 0 fully saturated rings. The molecular weight excluding hydrogens is 370 g/mol. The average Bonchev–Trinajstić information content (AvgIpc) is 2.69. The molecule has 2 aromatic rings. The predicted molar refractivity (Wildman–Crippen MR) is 111 cm³/mol. The molecule has 0 saturated heterocycles. The first kappa shape index (κ1) is 21.9. The minimum atomic E-state index is -0.544. The zero-order chi connectivity index (χ0) is 21.4. The van der Waals surface area contributed by atoms with E-state index in [-0.39, 0.29) is 25.0 Å². The molecule has 0 aliphatic rings. The van der Waals surface area contributed by atoms with Crippen molar-refractivity contribution in [1.82, 2.24) is 16.2 Å². The quantitative estimate of drug-likeness (QED) is 0.625. The maximum atomic E-state index is 12.0. The normalized spacial score (nSPS) is 10.4. The number of aryl methyl sites for hydroxylation is 2. The van der Waals surface area contributed by atoms with E-state index in [4.69, 9.17) is 4.74 Å². The van der Waals surface area contributed by atoms with Crippen molar-refractivity contribution in [1.29, 1.82) is 0 Å². The van der Waals surface area contributed by atoms with Crippen LogP contribution >= 0.6 is 0 Å². The third kappa shape index (κ3) is 6.95. The van der Waals surface area contributed by atoms with Gasteiger partial charge in [-0.2, -0.15) is 0 Å². The Hall–Kier alpha value is -3.35. The van der Waals surface area contributed by atoms with Crippen molar-refractivity contribution in [3.8, 4) is 5.75 Å². The predicted octanol–water partition coefficient (Wildman–Crippen LogP) is 2.38. The van der Waals surface area contributed by atoms with Gasteiger partial charge in [0.1, 0.15) is 5.75 Å². The molecular formula is C22H27N3O4. The molecule has 0 radical (unpaired) electrons. The second-order valence-corrected chi connectivity index (χ2v) is 7.13. The van der Waals surface area contributed by atoms with E-state index in [1.807, 2.05) is 58.0 Å². The summed E-state index contributed by atoms with van der Waals surface area (Å²) in [6, 6.07) is 12.8. The summed E-state index contributed by atoms with van der Waals surface area (Å²) in [5, 5.41) is 2.49. The third-order valence-corrected chi connectivity index (χ3v) is 4.21. The van der Waals surface area contributed by atoms with Gasteiger partial charge in [-0.1, -0.05) is 43.7 Å². The second-order valence-electron chi connectivity index (χ2n) is 7.13. The van der Waals surface area contributed by atoms with Crippen molar-refractivity contribution in [2.24, 2.45) is 0 Å². The second kappa shape index (κ2) is 10.3. The van der Waals surface area contributed by atoms with Crippen LogP contribution in [-0.2, 0) is 9.59 Å². The Labute approximate surface area is 170 Å². The van der Waals surface area contributed by atoms with Gasteiger partial charge < -0.3 is 10.1 Å². The summed E-state index contributed by atoms with van der Waals surface area (Å²) in [5.41, 5.74) is 8.05.